The average molecular weight is 309 g/mol. The lowest BCUT2D eigenvalue weighted by molar-refractivity contribution is -0.210. The number of nitrogens with two attached hydrogens (primary N) is 1. The van der Waals surface area contributed by atoms with Crippen LogP contribution >= 0.6 is 34.8 Å². The predicted octanol–water partition coefficient (Wildman–Crippen LogP) is 3.57. The molecule has 0 unspecified atom stereocenters. The van der Waals surface area contributed by atoms with E-state index in [4.69, 9.17) is 45.6 Å². The van der Waals surface area contributed by atoms with E-state index in [9.17, 15) is 13.2 Å². The summed E-state index contributed by atoms with van der Waals surface area (Å²) in [5, 5.41) is 8.76. The van der Waals surface area contributed by atoms with Gasteiger partial charge in [-0.2, -0.15) is 13.2 Å². The highest BCUT2D eigenvalue weighted by Gasteiger charge is 2.43. The number of rotatable bonds is 2. The van der Waals surface area contributed by atoms with Crippen LogP contribution in [-0.4, -0.2) is 17.4 Å². The highest BCUT2D eigenvalue weighted by Crippen LogP contribution is 2.38. The molecule has 1 aromatic carbocycles. The Bertz CT molecular complexity index is 425. The molecular weight excluding hydrogens is 301 g/mol. The summed E-state index contributed by atoms with van der Waals surface area (Å²) in [6, 6.07) is 0.782. The molecule has 0 aliphatic carbocycles. The topological polar surface area (TPSA) is 46.2 Å². The summed E-state index contributed by atoms with van der Waals surface area (Å²) in [7, 11) is 0. The Balaban J connectivity index is 3.21. The third kappa shape index (κ3) is 3.17. The van der Waals surface area contributed by atoms with Gasteiger partial charge in [0, 0.05) is 10.6 Å². The summed E-state index contributed by atoms with van der Waals surface area (Å²) in [4.78, 5) is 0. The van der Waals surface area contributed by atoms with Crippen molar-refractivity contribution in [1.82, 2.24) is 0 Å². The van der Waals surface area contributed by atoms with E-state index in [-0.39, 0.29) is 20.6 Å². The summed E-state index contributed by atoms with van der Waals surface area (Å²) in [5.74, 6) is 0. The molecule has 0 radical (unpaired) electrons. The van der Waals surface area contributed by atoms with Gasteiger partial charge in [0.1, 0.15) is 0 Å². The predicted molar refractivity (Wildman–Crippen MR) is 60.5 cm³/mol. The molecule has 0 aromatic heterocycles. The first-order valence-corrected chi connectivity index (χ1v) is 5.43. The van der Waals surface area contributed by atoms with Crippen LogP contribution in [-0.2, 0) is 0 Å². The minimum atomic E-state index is -4.87. The van der Waals surface area contributed by atoms with Crippen LogP contribution in [0.1, 0.15) is 11.6 Å². The first-order valence-electron chi connectivity index (χ1n) is 4.30. The Kier molecular flexibility index (Phi) is 4.54. The van der Waals surface area contributed by atoms with Crippen LogP contribution in [0.3, 0.4) is 0 Å². The molecule has 0 bridgehead atoms. The second kappa shape index (κ2) is 5.20. The molecule has 2 atom stereocenters. The Morgan fingerprint density at radius 3 is 2.06 bits per heavy atom. The number of hydrogen-bond donors (Lipinski definition) is 2. The Morgan fingerprint density at radius 1 is 1.12 bits per heavy atom. The van der Waals surface area contributed by atoms with Crippen LogP contribution in [0.4, 0.5) is 13.2 Å². The van der Waals surface area contributed by atoms with Gasteiger partial charge in [-0.3, -0.25) is 0 Å². The molecule has 8 heteroatoms. The van der Waals surface area contributed by atoms with Gasteiger partial charge in [-0.1, -0.05) is 34.8 Å². The van der Waals surface area contributed by atoms with E-state index in [1.165, 1.54) is 12.1 Å². The van der Waals surface area contributed by atoms with Crippen molar-refractivity contribution in [1.29, 1.82) is 0 Å². The molecule has 0 saturated carbocycles. The average Bonchev–Trinajstić information content (AvgIpc) is 2.21. The van der Waals surface area contributed by atoms with E-state index >= 15 is 0 Å². The van der Waals surface area contributed by atoms with E-state index in [1.807, 2.05) is 0 Å². The third-order valence-corrected chi connectivity index (χ3v) is 3.24. The molecule has 0 heterocycles. The van der Waals surface area contributed by atoms with Crippen molar-refractivity contribution in [3.05, 3.63) is 32.8 Å². The van der Waals surface area contributed by atoms with Gasteiger partial charge in [-0.15, -0.1) is 0 Å². The van der Waals surface area contributed by atoms with E-state index in [0.717, 1.165) is 0 Å². The van der Waals surface area contributed by atoms with Crippen LogP contribution in [0.5, 0.6) is 0 Å². The Morgan fingerprint density at radius 2 is 1.59 bits per heavy atom. The zero-order valence-corrected chi connectivity index (χ0v) is 10.4. The molecule has 1 rings (SSSR count). The van der Waals surface area contributed by atoms with Gasteiger partial charge >= 0.3 is 6.18 Å². The summed E-state index contributed by atoms with van der Waals surface area (Å²) in [6.45, 7) is 0. The standard InChI is InChI=1S/C9H7Cl3F3NO/c10-3-1-2-4(11)6(12)5(3)7(16)8(17)9(13,14)15/h1-2,7-8,17H,16H2/t7-,8-/m0/s1. The van der Waals surface area contributed by atoms with E-state index in [0.29, 0.717) is 0 Å². The maximum atomic E-state index is 12.3. The van der Waals surface area contributed by atoms with Crippen LogP contribution in [0.25, 0.3) is 0 Å². The van der Waals surface area contributed by atoms with Crippen molar-refractivity contribution < 1.29 is 18.3 Å². The molecule has 96 valence electrons. The highest BCUT2D eigenvalue weighted by atomic mass is 35.5. The molecule has 0 aliphatic rings. The quantitative estimate of drug-likeness (QED) is 0.821. The van der Waals surface area contributed by atoms with Gasteiger partial charge in [0.05, 0.1) is 16.1 Å². The lowest BCUT2D eigenvalue weighted by Gasteiger charge is -2.23. The summed E-state index contributed by atoms with van der Waals surface area (Å²) in [5.41, 5.74) is 5.07. The Hall–Kier alpha value is -0.200. The van der Waals surface area contributed by atoms with Gasteiger partial charge in [0.25, 0.3) is 0 Å². The number of aliphatic hydroxyl groups excluding tert-OH is 1. The number of benzene rings is 1. The molecule has 17 heavy (non-hydrogen) atoms. The minimum Gasteiger partial charge on any atom is -0.382 e. The third-order valence-electron chi connectivity index (χ3n) is 2.09. The normalized spacial score (nSPS) is 15.8. The van der Waals surface area contributed by atoms with Crippen LogP contribution in [0, 0.1) is 0 Å². The molecule has 0 amide bonds. The van der Waals surface area contributed by atoms with Crippen LogP contribution in [0.2, 0.25) is 15.1 Å². The van der Waals surface area contributed by atoms with Gasteiger partial charge < -0.3 is 10.8 Å². The lowest BCUT2D eigenvalue weighted by atomic mass is 10.0. The second-order valence-corrected chi connectivity index (χ2v) is 4.46. The van der Waals surface area contributed by atoms with Crippen molar-refractivity contribution in [3.8, 4) is 0 Å². The molecule has 0 fully saturated rings. The summed E-state index contributed by atoms with van der Waals surface area (Å²) < 4.78 is 36.9. The first-order chi connectivity index (χ1) is 7.66. The maximum Gasteiger partial charge on any atom is 0.416 e. The SMILES string of the molecule is N[C@@H](c1c(Cl)ccc(Cl)c1Cl)[C@H](O)C(F)(F)F. The molecule has 0 aliphatic heterocycles. The molecule has 0 saturated heterocycles. The van der Waals surface area contributed by atoms with Gasteiger partial charge in [0.15, 0.2) is 6.10 Å². The molecule has 2 nitrogen and oxygen atoms in total. The number of alkyl halides is 3. The first kappa shape index (κ1) is 14.9. The smallest absolute Gasteiger partial charge is 0.382 e. The van der Waals surface area contributed by atoms with Crippen molar-refractivity contribution in [2.45, 2.75) is 18.3 Å². The molecule has 0 spiro atoms. The Labute approximate surface area is 110 Å². The monoisotopic (exact) mass is 307 g/mol. The zero-order valence-electron chi connectivity index (χ0n) is 8.10. The second-order valence-electron chi connectivity index (χ2n) is 3.27. The summed E-state index contributed by atoms with van der Waals surface area (Å²) in [6.07, 6.45) is -7.63. The van der Waals surface area contributed by atoms with Crippen molar-refractivity contribution >= 4 is 34.8 Å². The number of hydrogen-bond acceptors (Lipinski definition) is 2. The fourth-order valence-corrected chi connectivity index (χ4v) is 2.00. The van der Waals surface area contributed by atoms with Crippen molar-refractivity contribution in [3.63, 3.8) is 0 Å². The van der Waals surface area contributed by atoms with Crippen LogP contribution < -0.4 is 5.73 Å². The zero-order chi connectivity index (χ0) is 13.4. The molecule has 3 N–H and O–H groups in total. The maximum absolute atomic E-state index is 12.3. The molecule has 1 aromatic rings. The largest absolute Gasteiger partial charge is 0.416 e. The fraction of sp³-hybridized carbons (Fsp3) is 0.333. The highest BCUT2D eigenvalue weighted by molar-refractivity contribution is 6.44. The summed E-state index contributed by atoms with van der Waals surface area (Å²) >= 11 is 17.0. The molecular formula is C9H7Cl3F3NO. The van der Waals surface area contributed by atoms with E-state index in [2.05, 4.69) is 0 Å². The van der Waals surface area contributed by atoms with Gasteiger partial charge in [0.2, 0.25) is 0 Å². The van der Waals surface area contributed by atoms with E-state index in [1.54, 1.807) is 0 Å². The van der Waals surface area contributed by atoms with Crippen molar-refractivity contribution in [2.75, 3.05) is 0 Å². The minimum absolute atomic E-state index is 0.0101. The van der Waals surface area contributed by atoms with Gasteiger partial charge in [-0.05, 0) is 12.1 Å². The van der Waals surface area contributed by atoms with Crippen LogP contribution in [0.15, 0.2) is 12.1 Å². The van der Waals surface area contributed by atoms with E-state index < -0.39 is 18.3 Å². The van der Waals surface area contributed by atoms with Crippen molar-refractivity contribution in [2.24, 2.45) is 5.73 Å². The van der Waals surface area contributed by atoms with Gasteiger partial charge in [-0.25, -0.2) is 0 Å². The lowest BCUT2D eigenvalue weighted by Crippen LogP contribution is -2.39. The number of aliphatic hydroxyl groups is 1. The fourth-order valence-electron chi connectivity index (χ4n) is 1.21. The number of halogens is 6.